The minimum atomic E-state index is -0.175. The Kier molecular flexibility index (Phi) is 5.90. The molecule has 3 amide bonds. The third kappa shape index (κ3) is 4.64. The van der Waals surface area contributed by atoms with Crippen molar-refractivity contribution in [2.45, 2.75) is 45.6 Å². The molecule has 1 fully saturated rings. The molecule has 126 valence electrons. The van der Waals surface area contributed by atoms with Gasteiger partial charge in [-0.2, -0.15) is 0 Å². The summed E-state index contributed by atoms with van der Waals surface area (Å²) in [4.78, 5) is 34.3. The molecule has 0 atom stereocenters. The van der Waals surface area contributed by atoms with Crippen LogP contribution in [-0.4, -0.2) is 52.5 Å². The molecule has 7 nitrogen and oxygen atoms in total. The second-order valence-electron chi connectivity index (χ2n) is 6.03. The lowest BCUT2D eigenvalue weighted by Gasteiger charge is -2.32. The number of carbonyl (C=O) groups excluding carboxylic acids is 2. The number of likely N-dealkylation sites (tertiary alicyclic amines) is 1. The molecule has 0 saturated carbocycles. The number of amides is 3. The molecule has 0 aliphatic carbocycles. The molecule has 23 heavy (non-hydrogen) atoms. The predicted octanol–water partition coefficient (Wildman–Crippen LogP) is 1.52. The van der Waals surface area contributed by atoms with Crippen LogP contribution in [-0.2, 0) is 0 Å². The largest absolute Gasteiger partial charge is 0.348 e. The second kappa shape index (κ2) is 7.89. The summed E-state index contributed by atoms with van der Waals surface area (Å²) in [6.45, 7) is 7.82. The Morgan fingerprint density at radius 1 is 1.35 bits per heavy atom. The molecule has 2 N–H and O–H groups in total. The van der Waals surface area contributed by atoms with Crippen LogP contribution in [0.15, 0.2) is 12.3 Å². The highest BCUT2D eigenvalue weighted by atomic mass is 16.2. The van der Waals surface area contributed by atoms with Gasteiger partial charge in [-0.25, -0.2) is 14.8 Å². The number of hydrogen-bond donors (Lipinski definition) is 2. The van der Waals surface area contributed by atoms with E-state index in [1.54, 1.807) is 17.2 Å². The molecule has 0 spiro atoms. The van der Waals surface area contributed by atoms with Gasteiger partial charge in [-0.1, -0.05) is 13.8 Å². The second-order valence-corrected chi connectivity index (χ2v) is 6.03. The molecule has 2 heterocycles. The zero-order valence-corrected chi connectivity index (χ0v) is 14.0. The van der Waals surface area contributed by atoms with Crippen molar-refractivity contribution in [1.82, 2.24) is 25.5 Å². The molecule has 2 rings (SSSR count). The van der Waals surface area contributed by atoms with Gasteiger partial charge in [-0.05, 0) is 25.8 Å². The SMILES string of the molecule is CCNC(=O)N1CCC(NC(=O)c2ccnc(C(C)C)n2)CC1. The number of aromatic nitrogens is 2. The molecule has 1 aromatic rings. The third-order valence-electron chi connectivity index (χ3n) is 3.87. The number of rotatable bonds is 4. The van der Waals surface area contributed by atoms with Gasteiger partial charge in [0.15, 0.2) is 0 Å². The molecular weight excluding hydrogens is 294 g/mol. The van der Waals surface area contributed by atoms with Gasteiger partial charge >= 0.3 is 6.03 Å². The van der Waals surface area contributed by atoms with Crippen LogP contribution in [0.5, 0.6) is 0 Å². The molecule has 0 aromatic carbocycles. The minimum absolute atomic E-state index is 0.0327. The summed E-state index contributed by atoms with van der Waals surface area (Å²) in [5.74, 6) is 0.678. The topological polar surface area (TPSA) is 87.2 Å². The van der Waals surface area contributed by atoms with Crippen LogP contribution in [0.3, 0.4) is 0 Å². The zero-order chi connectivity index (χ0) is 16.8. The smallest absolute Gasteiger partial charge is 0.317 e. The Morgan fingerprint density at radius 2 is 2.04 bits per heavy atom. The fraction of sp³-hybridized carbons (Fsp3) is 0.625. The molecular formula is C16H25N5O2. The molecule has 1 aromatic heterocycles. The number of nitrogens with one attached hydrogen (secondary N) is 2. The van der Waals surface area contributed by atoms with Crippen LogP contribution in [0.4, 0.5) is 4.79 Å². The highest BCUT2D eigenvalue weighted by Gasteiger charge is 2.24. The number of nitrogens with zero attached hydrogens (tertiary/aromatic N) is 3. The van der Waals surface area contributed by atoms with Crippen molar-refractivity contribution in [2.75, 3.05) is 19.6 Å². The molecule has 0 unspecified atom stereocenters. The summed E-state index contributed by atoms with van der Waals surface area (Å²) in [7, 11) is 0. The average Bonchev–Trinajstić information content (AvgIpc) is 2.55. The van der Waals surface area contributed by atoms with Gasteiger partial charge in [0.05, 0.1) is 0 Å². The average molecular weight is 319 g/mol. The van der Waals surface area contributed by atoms with Gasteiger partial charge in [-0.15, -0.1) is 0 Å². The number of urea groups is 1. The Bertz CT molecular complexity index is 553. The standard InChI is InChI=1S/C16H25N5O2/c1-4-17-16(23)21-9-6-12(7-10-21)19-15(22)13-5-8-18-14(20-13)11(2)3/h5,8,11-12H,4,6-7,9-10H2,1-3H3,(H,17,23)(H,19,22). The lowest BCUT2D eigenvalue weighted by Crippen LogP contribution is -2.49. The normalized spacial score (nSPS) is 15.6. The van der Waals surface area contributed by atoms with E-state index in [-0.39, 0.29) is 23.9 Å². The Balaban J connectivity index is 1.87. The first kappa shape index (κ1) is 17.2. The van der Waals surface area contributed by atoms with E-state index in [2.05, 4.69) is 20.6 Å². The van der Waals surface area contributed by atoms with E-state index < -0.39 is 0 Å². The Morgan fingerprint density at radius 3 is 2.65 bits per heavy atom. The van der Waals surface area contributed by atoms with Crippen LogP contribution in [0, 0.1) is 0 Å². The molecule has 1 aliphatic rings. The van der Waals surface area contributed by atoms with E-state index in [0.29, 0.717) is 31.2 Å². The third-order valence-corrected chi connectivity index (χ3v) is 3.87. The van der Waals surface area contributed by atoms with Gasteiger partial charge in [0.25, 0.3) is 5.91 Å². The maximum atomic E-state index is 12.3. The first-order valence-corrected chi connectivity index (χ1v) is 8.17. The van der Waals surface area contributed by atoms with Crippen molar-refractivity contribution in [3.63, 3.8) is 0 Å². The number of hydrogen-bond acceptors (Lipinski definition) is 4. The van der Waals surface area contributed by atoms with Gasteiger partial charge in [0.1, 0.15) is 11.5 Å². The lowest BCUT2D eigenvalue weighted by molar-refractivity contribution is 0.0912. The van der Waals surface area contributed by atoms with Crippen LogP contribution < -0.4 is 10.6 Å². The fourth-order valence-corrected chi connectivity index (χ4v) is 2.53. The number of piperidine rings is 1. The van der Waals surface area contributed by atoms with Crippen LogP contribution in [0.25, 0.3) is 0 Å². The van der Waals surface area contributed by atoms with Crippen molar-refractivity contribution < 1.29 is 9.59 Å². The Hall–Kier alpha value is -2.18. The van der Waals surface area contributed by atoms with E-state index in [1.165, 1.54) is 0 Å². The van der Waals surface area contributed by atoms with Crippen LogP contribution in [0.1, 0.15) is 55.8 Å². The summed E-state index contributed by atoms with van der Waals surface area (Å²) in [5.41, 5.74) is 0.398. The lowest BCUT2D eigenvalue weighted by atomic mass is 10.1. The van der Waals surface area contributed by atoms with Crippen molar-refractivity contribution in [3.05, 3.63) is 23.8 Å². The molecule has 0 bridgehead atoms. The first-order chi connectivity index (χ1) is 11.0. The van der Waals surface area contributed by atoms with Crippen molar-refractivity contribution in [2.24, 2.45) is 0 Å². The summed E-state index contributed by atoms with van der Waals surface area (Å²) in [6, 6.07) is 1.67. The number of carbonyl (C=O) groups is 2. The molecule has 1 saturated heterocycles. The maximum Gasteiger partial charge on any atom is 0.317 e. The van der Waals surface area contributed by atoms with E-state index in [9.17, 15) is 9.59 Å². The molecule has 1 aliphatic heterocycles. The van der Waals surface area contributed by atoms with Crippen molar-refractivity contribution in [1.29, 1.82) is 0 Å². The van der Waals surface area contributed by atoms with Crippen LogP contribution in [0.2, 0.25) is 0 Å². The zero-order valence-electron chi connectivity index (χ0n) is 14.0. The quantitative estimate of drug-likeness (QED) is 0.881. The van der Waals surface area contributed by atoms with Crippen molar-refractivity contribution in [3.8, 4) is 0 Å². The fourth-order valence-electron chi connectivity index (χ4n) is 2.53. The Labute approximate surface area is 136 Å². The molecule has 7 heteroatoms. The van der Waals surface area contributed by atoms with E-state index in [1.807, 2.05) is 20.8 Å². The monoisotopic (exact) mass is 319 g/mol. The summed E-state index contributed by atoms with van der Waals surface area (Å²) in [6.07, 6.45) is 3.13. The van der Waals surface area contributed by atoms with Gasteiger partial charge in [0, 0.05) is 37.8 Å². The van der Waals surface area contributed by atoms with Gasteiger partial charge in [-0.3, -0.25) is 4.79 Å². The molecule has 0 radical (unpaired) electrons. The predicted molar refractivity (Wildman–Crippen MR) is 87.3 cm³/mol. The maximum absolute atomic E-state index is 12.3. The van der Waals surface area contributed by atoms with Gasteiger partial charge < -0.3 is 15.5 Å². The highest BCUT2D eigenvalue weighted by Crippen LogP contribution is 2.12. The van der Waals surface area contributed by atoms with E-state index in [0.717, 1.165) is 12.8 Å². The minimum Gasteiger partial charge on any atom is -0.348 e. The summed E-state index contributed by atoms with van der Waals surface area (Å²) < 4.78 is 0. The highest BCUT2D eigenvalue weighted by molar-refractivity contribution is 5.92. The van der Waals surface area contributed by atoms with Gasteiger partial charge in [0.2, 0.25) is 0 Å². The van der Waals surface area contributed by atoms with E-state index in [4.69, 9.17) is 0 Å². The summed E-state index contributed by atoms with van der Waals surface area (Å²) >= 11 is 0. The van der Waals surface area contributed by atoms with E-state index >= 15 is 0 Å². The summed E-state index contributed by atoms with van der Waals surface area (Å²) in [5, 5.41) is 5.80. The van der Waals surface area contributed by atoms with Crippen LogP contribution >= 0.6 is 0 Å². The first-order valence-electron chi connectivity index (χ1n) is 8.17. The van der Waals surface area contributed by atoms with Crippen molar-refractivity contribution >= 4 is 11.9 Å².